The van der Waals surface area contributed by atoms with Gasteiger partial charge in [-0.05, 0) is 60.2 Å². The summed E-state index contributed by atoms with van der Waals surface area (Å²) in [6.07, 6.45) is 1.48. The molecule has 172 valence electrons. The summed E-state index contributed by atoms with van der Waals surface area (Å²) in [6, 6.07) is 17.0. The van der Waals surface area contributed by atoms with Gasteiger partial charge < -0.3 is 14.5 Å². The zero-order valence-electron chi connectivity index (χ0n) is 18.6. The summed E-state index contributed by atoms with van der Waals surface area (Å²) in [5, 5.41) is 2.05. The van der Waals surface area contributed by atoms with Crippen molar-refractivity contribution in [3.8, 4) is 5.75 Å². The van der Waals surface area contributed by atoms with Crippen LogP contribution in [0.25, 0.3) is 0 Å². The fourth-order valence-electron chi connectivity index (χ4n) is 4.15. The van der Waals surface area contributed by atoms with Crippen LogP contribution in [-0.4, -0.2) is 47.9 Å². The van der Waals surface area contributed by atoms with Gasteiger partial charge in [-0.3, -0.25) is 9.59 Å². The lowest BCUT2D eigenvalue weighted by Crippen LogP contribution is -2.48. The molecule has 2 amide bonds. The van der Waals surface area contributed by atoms with Crippen molar-refractivity contribution in [3.05, 3.63) is 87.9 Å². The molecule has 2 heterocycles. The Labute approximate surface area is 197 Å². The van der Waals surface area contributed by atoms with E-state index in [1.807, 2.05) is 47.5 Å². The highest BCUT2D eigenvalue weighted by Crippen LogP contribution is 2.34. The van der Waals surface area contributed by atoms with Gasteiger partial charge in [-0.15, -0.1) is 11.3 Å². The number of carbonyl (C=O) groups excluding carboxylic acids is 2. The van der Waals surface area contributed by atoms with Crippen LogP contribution in [0.2, 0.25) is 0 Å². The fraction of sp³-hybridized carbons (Fsp3) is 0.308. The number of halogens is 1. The summed E-state index contributed by atoms with van der Waals surface area (Å²) in [5.74, 6) is -0.189. The Morgan fingerprint density at radius 3 is 2.73 bits per heavy atom. The van der Waals surface area contributed by atoms with Crippen LogP contribution in [0.1, 0.15) is 40.2 Å². The van der Waals surface area contributed by atoms with Crippen LogP contribution < -0.4 is 4.74 Å². The molecule has 0 aliphatic carbocycles. The van der Waals surface area contributed by atoms with E-state index in [1.54, 1.807) is 17.4 Å². The van der Waals surface area contributed by atoms with Crippen molar-refractivity contribution >= 4 is 23.2 Å². The minimum absolute atomic E-state index is 0.0511. The number of benzene rings is 2. The van der Waals surface area contributed by atoms with Crippen molar-refractivity contribution in [3.63, 3.8) is 0 Å². The number of rotatable bonds is 8. The smallest absolute Gasteiger partial charge is 0.254 e. The van der Waals surface area contributed by atoms with Gasteiger partial charge in [-0.1, -0.05) is 31.2 Å². The Bertz CT molecular complexity index is 1100. The standard InChI is InChI=1S/C26H27FN2O3S/c1-2-13-28(26(31)19-7-6-8-20(27)16-19)17-25(30)29-14-11-24-22(12-15-33-24)23(29)18-32-21-9-4-3-5-10-21/h3-10,12,15-16,23H,2,11,13-14,17-18H2,1H3/t23-/m0/s1. The molecular weight excluding hydrogens is 439 g/mol. The monoisotopic (exact) mass is 466 g/mol. The molecule has 0 bridgehead atoms. The molecule has 3 aromatic rings. The predicted octanol–water partition coefficient (Wildman–Crippen LogP) is 4.94. The summed E-state index contributed by atoms with van der Waals surface area (Å²) in [5.41, 5.74) is 1.35. The number of hydrogen-bond acceptors (Lipinski definition) is 4. The predicted molar refractivity (Wildman–Crippen MR) is 127 cm³/mol. The molecule has 1 atom stereocenters. The van der Waals surface area contributed by atoms with Gasteiger partial charge in [0.1, 0.15) is 24.7 Å². The molecule has 0 N–H and O–H groups in total. The van der Waals surface area contributed by atoms with E-state index in [0.717, 1.165) is 17.7 Å². The molecule has 0 saturated heterocycles. The lowest BCUT2D eigenvalue weighted by Gasteiger charge is -2.37. The van der Waals surface area contributed by atoms with E-state index in [2.05, 4.69) is 6.07 Å². The van der Waals surface area contributed by atoms with Crippen molar-refractivity contribution in [2.45, 2.75) is 25.8 Å². The van der Waals surface area contributed by atoms with E-state index >= 15 is 0 Å². The van der Waals surface area contributed by atoms with Crippen LogP contribution in [0.3, 0.4) is 0 Å². The Morgan fingerprint density at radius 2 is 1.97 bits per heavy atom. The average molecular weight is 467 g/mol. The van der Waals surface area contributed by atoms with Gasteiger partial charge >= 0.3 is 0 Å². The van der Waals surface area contributed by atoms with Gasteiger partial charge in [0, 0.05) is 23.5 Å². The van der Waals surface area contributed by atoms with Crippen molar-refractivity contribution in [2.24, 2.45) is 0 Å². The molecule has 1 aliphatic heterocycles. The second kappa shape index (κ2) is 10.6. The Balaban J connectivity index is 1.52. The number of amides is 2. The van der Waals surface area contributed by atoms with Crippen LogP contribution in [0.5, 0.6) is 5.75 Å². The van der Waals surface area contributed by atoms with Crippen LogP contribution in [0.4, 0.5) is 4.39 Å². The van der Waals surface area contributed by atoms with E-state index < -0.39 is 5.82 Å². The highest BCUT2D eigenvalue weighted by molar-refractivity contribution is 7.10. The first-order valence-corrected chi connectivity index (χ1v) is 12.0. The highest BCUT2D eigenvalue weighted by atomic mass is 32.1. The summed E-state index contributed by atoms with van der Waals surface area (Å²) in [6.45, 7) is 3.23. The largest absolute Gasteiger partial charge is 0.491 e. The normalized spacial score (nSPS) is 15.1. The Hall–Kier alpha value is -3.19. The van der Waals surface area contributed by atoms with E-state index in [1.165, 1.54) is 28.0 Å². The molecule has 0 fully saturated rings. The third-order valence-corrected chi connectivity index (χ3v) is 6.74. The van der Waals surface area contributed by atoms with E-state index in [4.69, 9.17) is 4.74 Å². The first kappa shape index (κ1) is 23.0. The molecular formula is C26H27FN2O3S. The lowest BCUT2D eigenvalue weighted by molar-refractivity contribution is -0.135. The second-order valence-corrected chi connectivity index (χ2v) is 9.01. The molecule has 33 heavy (non-hydrogen) atoms. The third-order valence-electron chi connectivity index (χ3n) is 5.74. The topological polar surface area (TPSA) is 49.9 Å². The van der Waals surface area contributed by atoms with Crippen molar-refractivity contribution in [1.29, 1.82) is 0 Å². The van der Waals surface area contributed by atoms with Crippen molar-refractivity contribution < 1.29 is 18.7 Å². The van der Waals surface area contributed by atoms with Crippen molar-refractivity contribution in [2.75, 3.05) is 26.2 Å². The van der Waals surface area contributed by atoms with Crippen LogP contribution in [-0.2, 0) is 11.2 Å². The van der Waals surface area contributed by atoms with Crippen LogP contribution in [0.15, 0.2) is 66.0 Å². The maximum Gasteiger partial charge on any atom is 0.254 e. The Kier molecular flexibility index (Phi) is 7.40. The number of nitrogens with zero attached hydrogens (tertiary/aromatic N) is 2. The molecule has 0 unspecified atom stereocenters. The molecule has 1 aliphatic rings. The fourth-order valence-corrected chi connectivity index (χ4v) is 5.08. The number of ether oxygens (including phenoxy) is 1. The minimum atomic E-state index is -0.470. The van der Waals surface area contributed by atoms with Gasteiger partial charge in [-0.25, -0.2) is 4.39 Å². The summed E-state index contributed by atoms with van der Waals surface area (Å²) in [7, 11) is 0. The number of fused-ring (bicyclic) bond motifs is 1. The molecule has 1 aromatic heterocycles. The second-order valence-electron chi connectivity index (χ2n) is 8.01. The van der Waals surface area contributed by atoms with Crippen LogP contribution >= 0.6 is 11.3 Å². The molecule has 0 radical (unpaired) electrons. The van der Waals surface area contributed by atoms with Crippen molar-refractivity contribution in [1.82, 2.24) is 9.80 Å². The van der Waals surface area contributed by atoms with E-state index in [0.29, 0.717) is 26.1 Å². The Morgan fingerprint density at radius 1 is 1.15 bits per heavy atom. The van der Waals surface area contributed by atoms with Gasteiger partial charge in [0.25, 0.3) is 5.91 Å². The molecule has 0 spiro atoms. The zero-order valence-corrected chi connectivity index (χ0v) is 19.4. The third kappa shape index (κ3) is 5.42. The summed E-state index contributed by atoms with van der Waals surface area (Å²) >= 11 is 1.70. The highest BCUT2D eigenvalue weighted by Gasteiger charge is 2.33. The quantitative estimate of drug-likeness (QED) is 0.472. The number of carbonyl (C=O) groups is 2. The average Bonchev–Trinajstić information content (AvgIpc) is 3.31. The minimum Gasteiger partial charge on any atom is -0.491 e. The number of thiophene rings is 1. The number of para-hydroxylation sites is 1. The van der Waals surface area contributed by atoms with Gasteiger partial charge in [0.2, 0.25) is 5.91 Å². The van der Waals surface area contributed by atoms with E-state index in [9.17, 15) is 14.0 Å². The summed E-state index contributed by atoms with van der Waals surface area (Å²) < 4.78 is 19.7. The van der Waals surface area contributed by atoms with Gasteiger partial charge in [0.05, 0.1) is 6.04 Å². The molecule has 5 nitrogen and oxygen atoms in total. The lowest BCUT2D eigenvalue weighted by atomic mass is 10.0. The maximum absolute atomic E-state index is 13.7. The first-order chi connectivity index (χ1) is 16.1. The number of hydrogen-bond donors (Lipinski definition) is 0. The van der Waals surface area contributed by atoms with Gasteiger partial charge in [-0.2, -0.15) is 0 Å². The molecule has 0 saturated carbocycles. The summed E-state index contributed by atoms with van der Waals surface area (Å²) in [4.78, 5) is 31.1. The van der Waals surface area contributed by atoms with Gasteiger partial charge in [0.15, 0.2) is 0 Å². The van der Waals surface area contributed by atoms with Crippen LogP contribution in [0, 0.1) is 5.82 Å². The molecule has 2 aromatic carbocycles. The molecule has 7 heteroatoms. The SMILES string of the molecule is CCCN(CC(=O)N1CCc2sccc2[C@@H]1COc1ccccc1)C(=O)c1cccc(F)c1. The first-order valence-electron chi connectivity index (χ1n) is 11.1. The van der Waals surface area contributed by atoms with E-state index in [-0.39, 0.29) is 30.0 Å². The molecule has 4 rings (SSSR count). The zero-order chi connectivity index (χ0) is 23.2. The maximum atomic E-state index is 13.7.